The molecule has 0 aliphatic carbocycles. The summed E-state index contributed by atoms with van der Waals surface area (Å²) in [5.74, 6) is 2.05. The normalized spacial score (nSPS) is 14.0. The van der Waals surface area contributed by atoms with Gasteiger partial charge in [-0.3, -0.25) is 0 Å². The molecule has 0 bridgehead atoms. The van der Waals surface area contributed by atoms with Gasteiger partial charge in [-0.15, -0.1) is 0 Å². The molecule has 37 heavy (non-hydrogen) atoms. The van der Waals surface area contributed by atoms with Crippen molar-refractivity contribution in [1.29, 1.82) is 5.26 Å². The van der Waals surface area contributed by atoms with E-state index in [9.17, 15) is 10.4 Å². The van der Waals surface area contributed by atoms with Crippen LogP contribution in [0.25, 0.3) is 33.2 Å². The Hall–Kier alpha value is -4.08. The number of ether oxygens (including phenoxy) is 3. The van der Waals surface area contributed by atoms with E-state index in [4.69, 9.17) is 14.2 Å². The summed E-state index contributed by atoms with van der Waals surface area (Å²) in [6.45, 7) is 0.162. The average molecular weight is 496 g/mol. The van der Waals surface area contributed by atoms with E-state index in [2.05, 4.69) is 41.0 Å². The van der Waals surface area contributed by atoms with Crippen molar-refractivity contribution in [3.05, 3.63) is 71.9 Å². The summed E-state index contributed by atoms with van der Waals surface area (Å²) in [5.41, 5.74) is 5.96. The highest BCUT2D eigenvalue weighted by molar-refractivity contribution is 5.92. The lowest BCUT2D eigenvalue weighted by molar-refractivity contribution is -0.716. The van der Waals surface area contributed by atoms with E-state index in [0.29, 0.717) is 17.2 Å². The molecule has 6 heteroatoms. The molecule has 6 nitrogen and oxygen atoms in total. The number of pyridine rings is 1. The zero-order chi connectivity index (χ0) is 25.9. The molecule has 1 N–H and O–H groups in total. The van der Waals surface area contributed by atoms with Gasteiger partial charge in [0.05, 0.1) is 32.3 Å². The summed E-state index contributed by atoms with van der Waals surface area (Å²) < 4.78 is 19.2. The maximum absolute atomic E-state index is 10.4. The molecule has 188 valence electrons. The van der Waals surface area contributed by atoms with Crippen LogP contribution in [-0.2, 0) is 6.42 Å². The fourth-order valence-corrected chi connectivity index (χ4v) is 5.50. The molecule has 3 aromatic carbocycles. The van der Waals surface area contributed by atoms with E-state index in [1.54, 1.807) is 21.3 Å². The fraction of sp³-hybridized carbons (Fsp3) is 0.290. The maximum Gasteiger partial charge on any atom is 0.292 e. The van der Waals surface area contributed by atoms with Crippen molar-refractivity contribution >= 4 is 10.8 Å². The summed E-state index contributed by atoms with van der Waals surface area (Å²) in [5, 5.41) is 21.6. The molecule has 0 fully saturated rings. The molecular formula is C31H31N2O4+. The number of aliphatic hydroxyl groups excluding tert-OH is 1. The third-order valence-corrected chi connectivity index (χ3v) is 7.26. The van der Waals surface area contributed by atoms with Crippen LogP contribution in [0.5, 0.6) is 17.2 Å². The Morgan fingerprint density at radius 2 is 1.62 bits per heavy atom. The van der Waals surface area contributed by atoms with Crippen molar-refractivity contribution in [2.45, 2.75) is 31.7 Å². The van der Waals surface area contributed by atoms with Gasteiger partial charge in [-0.1, -0.05) is 30.3 Å². The topological polar surface area (TPSA) is 75.6 Å². The lowest BCUT2D eigenvalue weighted by Gasteiger charge is -2.25. The molecule has 1 unspecified atom stereocenters. The highest BCUT2D eigenvalue weighted by Gasteiger charge is 2.37. The SMILES string of the molecule is COc1cc2cc3[n+](c(C#N)c2cc1OC)C(CCCCO)Cc1cc(OC)c(-c2ccccc2)cc1-3. The number of hydrogen-bond acceptors (Lipinski definition) is 5. The maximum atomic E-state index is 10.4. The van der Waals surface area contributed by atoms with Crippen LogP contribution < -0.4 is 18.8 Å². The first-order valence-electron chi connectivity index (χ1n) is 12.5. The third kappa shape index (κ3) is 4.36. The van der Waals surface area contributed by atoms with Crippen molar-refractivity contribution < 1.29 is 23.9 Å². The standard InChI is InChI=1S/C31H31N2O4/c1-35-29-15-21-13-23(11-7-8-12-34)33-27(24(21)17-26(29)20-9-5-4-6-10-20)14-22-16-30(36-2)31(37-3)18-25(22)28(33)19-32/h4-6,9-10,14-18,23,34H,7-8,11-13H2,1-3H3/q+1. The summed E-state index contributed by atoms with van der Waals surface area (Å²) in [6.07, 6.45) is 3.23. The molecule has 0 spiro atoms. The molecule has 1 aliphatic rings. The van der Waals surface area contributed by atoms with Gasteiger partial charge in [0, 0.05) is 31.1 Å². The number of methoxy groups -OCH3 is 3. The molecule has 4 aromatic rings. The number of fused-ring (bicyclic) bond motifs is 4. The van der Waals surface area contributed by atoms with Crippen molar-refractivity contribution in [3.8, 4) is 45.7 Å². The number of aliphatic hydroxyl groups is 1. The summed E-state index contributed by atoms with van der Waals surface area (Å²) in [7, 11) is 4.93. The lowest BCUT2D eigenvalue weighted by atomic mass is 9.86. The quantitative estimate of drug-likeness (QED) is 0.254. The molecule has 2 heterocycles. The number of aromatic nitrogens is 1. The fourth-order valence-electron chi connectivity index (χ4n) is 5.50. The van der Waals surface area contributed by atoms with Crippen molar-refractivity contribution in [2.75, 3.05) is 27.9 Å². The van der Waals surface area contributed by atoms with Crippen molar-refractivity contribution in [3.63, 3.8) is 0 Å². The van der Waals surface area contributed by atoms with Crippen molar-refractivity contribution in [1.82, 2.24) is 0 Å². The second-order valence-electron chi connectivity index (χ2n) is 9.31. The van der Waals surface area contributed by atoms with Gasteiger partial charge in [0.15, 0.2) is 23.6 Å². The molecular weight excluding hydrogens is 464 g/mol. The minimum Gasteiger partial charge on any atom is -0.496 e. The second-order valence-corrected chi connectivity index (χ2v) is 9.31. The molecule has 0 amide bonds. The molecule has 0 saturated carbocycles. The number of benzene rings is 3. The van der Waals surface area contributed by atoms with Crippen molar-refractivity contribution in [2.24, 2.45) is 0 Å². The van der Waals surface area contributed by atoms with Crippen LogP contribution in [0.15, 0.2) is 60.7 Å². The van der Waals surface area contributed by atoms with Crippen LogP contribution >= 0.6 is 0 Å². The second kappa shape index (κ2) is 10.5. The van der Waals surface area contributed by atoms with Crippen LogP contribution in [-0.4, -0.2) is 33.0 Å². The van der Waals surface area contributed by atoms with E-state index in [-0.39, 0.29) is 12.6 Å². The van der Waals surface area contributed by atoms with E-state index < -0.39 is 0 Å². The van der Waals surface area contributed by atoms with Gasteiger partial charge >= 0.3 is 0 Å². The van der Waals surface area contributed by atoms with E-state index in [1.807, 2.05) is 30.3 Å². The smallest absolute Gasteiger partial charge is 0.292 e. The van der Waals surface area contributed by atoms with Crippen LogP contribution in [0.3, 0.4) is 0 Å². The van der Waals surface area contributed by atoms with Gasteiger partial charge in [0.2, 0.25) is 5.69 Å². The van der Waals surface area contributed by atoms with Crippen LogP contribution in [0.2, 0.25) is 0 Å². The Balaban J connectivity index is 1.81. The average Bonchev–Trinajstić information content (AvgIpc) is 2.95. The van der Waals surface area contributed by atoms with E-state index in [1.165, 1.54) is 5.56 Å². The number of nitriles is 1. The first-order valence-corrected chi connectivity index (χ1v) is 12.5. The molecule has 1 aromatic heterocycles. The predicted octanol–water partition coefficient (Wildman–Crippen LogP) is 5.62. The highest BCUT2D eigenvalue weighted by Crippen LogP contribution is 2.42. The third-order valence-electron chi connectivity index (χ3n) is 7.26. The minimum atomic E-state index is 0.0773. The first kappa shape index (κ1) is 24.6. The number of rotatable bonds is 8. The number of nitrogens with zero attached hydrogens (tertiary/aromatic N) is 2. The highest BCUT2D eigenvalue weighted by atomic mass is 16.5. The molecule has 0 saturated heterocycles. The summed E-state index contributed by atoms with van der Waals surface area (Å²) in [4.78, 5) is 0. The minimum absolute atomic E-state index is 0.0773. The van der Waals surface area contributed by atoms with Gasteiger partial charge in [-0.2, -0.15) is 9.83 Å². The Bertz CT molecular complexity index is 1490. The van der Waals surface area contributed by atoms with Gasteiger partial charge in [-0.05, 0) is 53.6 Å². The lowest BCUT2D eigenvalue weighted by Crippen LogP contribution is -2.48. The largest absolute Gasteiger partial charge is 0.496 e. The Kier molecular flexibility index (Phi) is 6.98. The molecule has 1 atom stereocenters. The monoisotopic (exact) mass is 495 g/mol. The van der Waals surface area contributed by atoms with Gasteiger partial charge < -0.3 is 19.3 Å². The van der Waals surface area contributed by atoms with E-state index in [0.717, 1.165) is 64.6 Å². The van der Waals surface area contributed by atoms with Gasteiger partial charge in [0.1, 0.15) is 5.75 Å². The Morgan fingerprint density at radius 3 is 2.30 bits per heavy atom. The number of hydrogen-bond donors (Lipinski definition) is 1. The van der Waals surface area contributed by atoms with Crippen LogP contribution in [0.4, 0.5) is 0 Å². The van der Waals surface area contributed by atoms with Crippen LogP contribution in [0.1, 0.15) is 36.6 Å². The molecule has 5 rings (SSSR count). The summed E-state index contributed by atoms with van der Waals surface area (Å²) >= 11 is 0. The number of unbranched alkanes of at least 4 members (excludes halogenated alkanes) is 1. The summed E-state index contributed by atoms with van der Waals surface area (Å²) in [6, 6.07) is 23.1. The van der Waals surface area contributed by atoms with Gasteiger partial charge in [-0.25, -0.2) is 0 Å². The zero-order valence-electron chi connectivity index (χ0n) is 21.5. The van der Waals surface area contributed by atoms with Gasteiger partial charge in [0.25, 0.3) is 5.69 Å². The zero-order valence-corrected chi connectivity index (χ0v) is 21.5. The van der Waals surface area contributed by atoms with E-state index >= 15 is 0 Å². The van der Waals surface area contributed by atoms with Crippen LogP contribution in [0, 0.1) is 11.3 Å². The Morgan fingerprint density at radius 1 is 0.892 bits per heavy atom. The predicted molar refractivity (Wildman–Crippen MR) is 143 cm³/mol. The first-order chi connectivity index (χ1) is 18.1. The molecule has 0 radical (unpaired) electrons. The molecule has 1 aliphatic heterocycles. The Labute approximate surface area is 217 Å².